The van der Waals surface area contributed by atoms with E-state index < -0.39 is 16.1 Å². The van der Waals surface area contributed by atoms with E-state index in [0.29, 0.717) is 26.3 Å². The molecule has 6 nitrogen and oxygen atoms in total. The Labute approximate surface area is 263 Å². The summed E-state index contributed by atoms with van der Waals surface area (Å²) in [5.74, 6) is 0. The maximum atomic E-state index is 12.1. The summed E-state index contributed by atoms with van der Waals surface area (Å²) in [4.78, 5) is 24.1. The summed E-state index contributed by atoms with van der Waals surface area (Å²) in [5.41, 5.74) is 6.40. The minimum Gasteiger partial charge on any atom is -0.450 e. The molecule has 2 rings (SSSR count). The van der Waals surface area contributed by atoms with E-state index in [4.69, 9.17) is 9.47 Å². The fourth-order valence-electron chi connectivity index (χ4n) is 4.56. The molecule has 0 spiro atoms. The Balaban J connectivity index is 1.88. The van der Waals surface area contributed by atoms with Crippen molar-refractivity contribution in [2.45, 2.75) is 96.3 Å². The molecule has 0 saturated heterocycles. The van der Waals surface area contributed by atoms with Gasteiger partial charge in [0.15, 0.2) is 0 Å². The zero-order chi connectivity index (χ0) is 31.7. The maximum absolute atomic E-state index is 12.1. The van der Waals surface area contributed by atoms with Crippen molar-refractivity contribution >= 4 is 34.4 Å². The first-order valence-corrected chi connectivity index (χ1v) is 23.4. The number of alkyl carbamates (subject to hydrolysis) is 2. The van der Waals surface area contributed by atoms with Crippen molar-refractivity contribution in [3.8, 4) is 0 Å². The van der Waals surface area contributed by atoms with Gasteiger partial charge in [0.05, 0.1) is 13.2 Å². The van der Waals surface area contributed by atoms with Crippen molar-refractivity contribution in [3.63, 3.8) is 0 Å². The Morgan fingerprint density at radius 1 is 0.651 bits per heavy atom. The monoisotopic (exact) mass is 624 g/mol. The van der Waals surface area contributed by atoms with E-state index >= 15 is 0 Å². The maximum Gasteiger partial charge on any atom is 0.407 e. The molecule has 238 valence electrons. The molecule has 0 unspecified atom stereocenters. The molecule has 0 saturated carbocycles. The Kier molecular flexibility index (Phi) is 15.8. The van der Waals surface area contributed by atoms with Crippen LogP contribution in [0.25, 0.3) is 6.08 Å². The summed E-state index contributed by atoms with van der Waals surface area (Å²) in [6.07, 6.45) is 7.83. The summed E-state index contributed by atoms with van der Waals surface area (Å²) >= 11 is 0. The largest absolute Gasteiger partial charge is 0.450 e. The van der Waals surface area contributed by atoms with Crippen molar-refractivity contribution in [1.29, 1.82) is 0 Å². The minimum atomic E-state index is -1.21. The molecule has 0 aromatic heterocycles. The highest BCUT2D eigenvalue weighted by Crippen LogP contribution is 2.17. The lowest BCUT2D eigenvalue weighted by molar-refractivity contribution is 0.151. The average molecular weight is 625 g/mol. The van der Waals surface area contributed by atoms with E-state index in [0.717, 1.165) is 62.6 Å². The average Bonchev–Trinajstić information content (AvgIpc) is 2.92. The molecular formula is C35H56N2O4Si2. The number of benzene rings is 2. The summed E-state index contributed by atoms with van der Waals surface area (Å²) < 4.78 is 10.7. The summed E-state index contributed by atoms with van der Waals surface area (Å²) in [7, 11) is -2.43. The van der Waals surface area contributed by atoms with Crippen molar-refractivity contribution in [2.24, 2.45) is 0 Å². The Hall–Kier alpha value is -2.85. The van der Waals surface area contributed by atoms with Crippen LogP contribution in [0.3, 0.4) is 0 Å². The Morgan fingerprint density at radius 3 is 1.44 bits per heavy atom. The van der Waals surface area contributed by atoms with E-state index in [1.807, 2.05) is 6.08 Å². The molecule has 0 aliphatic rings. The number of aryl methyl sites for hydroxylation is 4. The van der Waals surface area contributed by atoms with E-state index in [1.54, 1.807) is 0 Å². The van der Waals surface area contributed by atoms with Crippen LogP contribution in [-0.2, 0) is 35.2 Å². The smallest absolute Gasteiger partial charge is 0.407 e. The highest BCUT2D eigenvalue weighted by molar-refractivity contribution is 6.76. The van der Waals surface area contributed by atoms with Gasteiger partial charge < -0.3 is 20.1 Å². The molecule has 0 bridgehead atoms. The van der Waals surface area contributed by atoms with Gasteiger partial charge in [0.2, 0.25) is 0 Å². The lowest BCUT2D eigenvalue weighted by atomic mass is 9.96. The SMILES string of the molecule is C=Cc1ccc(CCCc2cc(CCCNC(=O)OCC[Si](C)(C)C)cc(CCCNC(=O)OCC[Si](C)(C)C)c2)cc1. The number of rotatable bonds is 19. The van der Waals surface area contributed by atoms with E-state index in [9.17, 15) is 9.59 Å². The first kappa shape index (κ1) is 36.3. The Bertz CT molecular complexity index is 1080. The van der Waals surface area contributed by atoms with Gasteiger partial charge in [0.25, 0.3) is 0 Å². The fourth-order valence-corrected chi connectivity index (χ4v) is 5.99. The topological polar surface area (TPSA) is 76.7 Å². The van der Waals surface area contributed by atoms with E-state index in [-0.39, 0.29) is 12.2 Å². The quantitative estimate of drug-likeness (QED) is 0.121. The second-order valence-electron chi connectivity index (χ2n) is 13.9. The zero-order valence-corrected chi connectivity index (χ0v) is 29.7. The van der Waals surface area contributed by atoms with Crippen LogP contribution in [0.1, 0.15) is 47.1 Å². The molecule has 2 N–H and O–H groups in total. The lowest BCUT2D eigenvalue weighted by Gasteiger charge is -2.15. The number of nitrogens with one attached hydrogen (secondary N) is 2. The first-order valence-electron chi connectivity index (χ1n) is 16.0. The second kappa shape index (κ2) is 18.7. The van der Waals surface area contributed by atoms with Crippen LogP contribution in [-0.4, -0.2) is 54.6 Å². The number of amides is 2. The van der Waals surface area contributed by atoms with Crippen LogP contribution in [0.5, 0.6) is 0 Å². The van der Waals surface area contributed by atoms with Gasteiger partial charge in [0, 0.05) is 29.2 Å². The number of ether oxygens (including phenoxy) is 2. The lowest BCUT2D eigenvalue weighted by Crippen LogP contribution is -2.28. The second-order valence-corrected chi connectivity index (χ2v) is 25.2. The molecule has 0 aliphatic heterocycles. The summed E-state index contributed by atoms with van der Waals surface area (Å²) in [6.45, 7) is 19.7. The van der Waals surface area contributed by atoms with Crippen molar-refractivity contribution in [2.75, 3.05) is 26.3 Å². The molecule has 43 heavy (non-hydrogen) atoms. The van der Waals surface area contributed by atoms with E-state index in [2.05, 4.69) is 99.0 Å². The molecule has 0 heterocycles. The van der Waals surface area contributed by atoms with Gasteiger partial charge in [-0.05, 0) is 84.9 Å². The molecule has 2 amide bonds. The molecule has 2 aromatic rings. The van der Waals surface area contributed by atoms with Gasteiger partial charge in [-0.15, -0.1) is 0 Å². The number of hydrogen-bond donors (Lipinski definition) is 2. The van der Waals surface area contributed by atoms with Gasteiger partial charge in [-0.2, -0.15) is 0 Å². The van der Waals surface area contributed by atoms with Gasteiger partial charge in [-0.1, -0.05) is 94.4 Å². The zero-order valence-electron chi connectivity index (χ0n) is 27.7. The molecule has 0 aliphatic carbocycles. The highest BCUT2D eigenvalue weighted by atomic mass is 28.3. The highest BCUT2D eigenvalue weighted by Gasteiger charge is 2.14. The van der Waals surface area contributed by atoms with Gasteiger partial charge in [-0.3, -0.25) is 0 Å². The number of hydrogen-bond acceptors (Lipinski definition) is 4. The third-order valence-corrected chi connectivity index (χ3v) is 10.7. The van der Waals surface area contributed by atoms with Crippen LogP contribution >= 0.6 is 0 Å². The van der Waals surface area contributed by atoms with Crippen LogP contribution in [0.15, 0.2) is 49.0 Å². The van der Waals surface area contributed by atoms with Crippen molar-refractivity contribution < 1.29 is 19.1 Å². The van der Waals surface area contributed by atoms with Crippen LogP contribution in [0, 0.1) is 0 Å². The van der Waals surface area contributed by atoms with Gasteiger partial charge in [-0.25, -0.2) is 9.59 Å². The predicted molar refractivity (Wildman–Crippen MR) is 187 cm³/mol. The van der Waals surface area contributed by atoms with Gasteiger partial charge in [0.1, 0.15) is 0 Å². The summed E-state index contributed by atoms with van der Waals surface area (Å²) in [5, 5.41) is 5.80. The predicted octanol–water partition coefficient (Wildman–Crippen LogP) is 8.50. The van der Waals surface area contributed by atoms with Crippen LogP contribution < -0.4 is 10.6 Å². The van der Waals surface area contributed by atoms with E-state index in [1.165, 1.54) is 22.3 Å². The number of carbonyl (C=O) groups excluding carboxylic acids is 2. The standard InChI is InChI=1S/C35H56N2O4Si2/c1-8-29-16-18-30(19-17-29)12-9-13-31-26-32(14-10-20-36-34(38)40-22-24-42(2,3)4)28-33(27-31)15-11-21-37-35(39)41-23-25-43(5,6)7/h8,16-19,26-28H,1,9-15,20-25H2,2-7H3,(H,36,38)(H,37,39). The van der Waals surface area contributed by atoms with Crippen molar-refractivity contribution in [1.82, 2.24) is 10.6 Å². The molecule has 8 heteroatoms. The van der Waals surface area contributed by atoms with Crippen LogP contribution in [0.2, 0.25) is 51.4 Å². The molecule has 0 radical (unpaired) electrons. The van der Waals surface area contributed by atoms with Crippen LogP contribution in [0.4, 0.5) is 9.59 Å². The first-order chi connectivity index (χ1) is 20.3. The molecule has 0 atom stereocenters. The third-order valence-electron chi connectivity index (χ3n) is 7.25. The molecule has 0 fully saturated rings. The molecular weight excluding hydrogens is 569 g/mol. The number of carbonyl (C=O) groups is 2. The van der Waals surface area contributed by atoms with Crippen molar-refractivity contribution in [3.05, 3.63) is 76.9 Å². The normalized spacial score (nSPS) is 11.6. The molecule has 2 aromatic carbocycles. The third kappa shape index (κ3) is 17.8. The van der Waals surface area contributed by atoms with Gasteiger partial charge >= 0.3 is 12.2 Å². The Morgan fingerprint density at radius 2 is 1.05 bits per heavy atom. The summed E-state index contributed by atoms with van der Waals surface area (Å²) in [6, 6.07) is 17.5. The fraction of sp³-hybridized carbons (Fsp3) is 0.543. The minimum absolute atomic E-state index is 0.319.